The topological polar surface area (TPSA) is 74.6 Å². The molecule has 166 valence electrons. The van der Waals surface area contributed by atoms with Crippen LogP contribution in [-0.2, 0) is 6.54 Å². The van der Waals surface area contributed by atoms with E-state index in [-0.39, 0.29) is 12.7 Å². The third-order valence-electron chi connectivity index (χ3n) is 5.46. The molecule has 33 heavy (non-hydrogen) atoms. The second-order valence-corrected chi connectivity index (χ2v) is 7.79. The Kier molecular flexibility index (Phi) is 5.44. The number of aromatic nitrogens is 2. The van der Waals surface area contributed by atoms with Crippen LogP contribution < -0.4 is 19.5 Å². The van der Waals surface area contributed by atoms with Gasteiger partial charge in [0.15, 0.2) is 11.5 Å². The number of carbonyl (C=O) groups is 1. The van der Waals surface area contributed by atoms with E-state index in [0.717, 1.165) is 28.5 Å². The summed E-state index contributed by atoms with van der Waals surface area (Å²) in [6, 6.07) is 22.7. The van der Waals surface area contributed by atoms with E-state index in [4.69, 9.17) is 14.2 Å². The van der Waals surface area contributed by atoms with E-state index >= 15 is 0 Å². The molecular formula is C26H23N3O4. The maximum absolute atomic E-state index is 12.8. The van der Waals surface area contributed by atoms with E-state index in [1.165, 1.54) is 0 Å². The van der Waals surface area contributed by atoms with Gasteiger partial charge in [0.1, 0.15) is 11.5 Å². The Morgan fingerprint density at radius 1 is 0.970 bits per heavy atom. The first-order chi connectivity index (χ1) is 16.1. The molecule has 3 aromatic carbocycles. The highest BCUT2D eigenvalue weighted by molar-refractivity contribution is 6.05. The molecule has 1 amide bonds. The van der Waals surface area contributed by atoms with Crippen molar-refractivity contribution in [3.63, 3.8) is 0 Å². The van der Waals surface area contributed by atoms with Gasteiger partial charge >= 0.3 is 0 Å². The second kappa shape index (κ2) is 8.70. The van der Waals surface area contributed by atoms with Gasteiger partial charge in [-0.2, -0.15) is 5.10 Å². The van der Waals surface area contributed by atoms with Crippen LogP contribution in [0.5, 0.6) is 23.0 Å². The maximum atomic E-state index is 12.8. The van der Waals surface area contributed by atoms with Crippen LogP contribution in [0.15, 0.2) is 72.8 Å². The van der Waals surface area contributed by atoms with Gasteiger partial charge in [0.25, 0.3) is 5.91 Å². The highest BCUT2D eigenvalue weighted by Crippen LogP contribution is 2.33. The Hall–Kier alpha value is -4.26. The van der Waals surface area contributed by atoms with Crippen LogP contribution in [0.25, 0.3) is 0 Å². The smallest absolute Gasteiger partial charge is 0.255 e. The van der Waals surface area contributed by atoms with Crippen molar-refractivity contribution >= 4 is 11.6 Å². The Labute approximate surface area is 191 Å². The number of amides is 1. The largest absolute Gasteiger partial charge is 0.457 e. The first kappa shape index (κ1) is 20.6. The number of hydrogen-bond acceptors (Lipinski definition) is 5. The third kappa shape index (κ3) is 4.39. The summed E-state index contributed by atoms with van der Waals surface area (Å²) < 4.78 is 18.5. The summed E-state index contributed by atoms with van der Waals surface area (Å²) in [7, 11) is 0. The Morgan fingerprint density at radius 3 is 2.61 bits per heavy atom. The van der Waals surface area contributed by atoms with Crippen molar-refractivity contribution in [3.05, 3.63) is 95.3 Å². The predicted octanol–water partition coefficient (Wildman–Crippen LogP) is 5.32. The van der Waals surface area contributed by atoms with E-state index in [9.17, 15) is 4.79 Å². The van der Waals surface area contributed by atoms with Gasteiger partial charge in [-0.1, -0.05) is 30.3 Å². The Balaban J connectivity index is 1.32. The van der Waals surface area contributed by atoms with Crippen molar-refractivity contribution in [2.75, 3.05) is 12.1 Å². The lowest BCUT2D eigenvalue weighted by molar-refractivity contribution is 0.102. The van der Waals surface area contributed by atoms with E-state index in [1.54, 1.807) is 18.2 Å². The third-order valence-corrected chi connectivity index (χ3v) is 5.46. The molecule has 0 radical (unpaired) electrons. The number of anilines is 1. The fraction of sp³-hybridized carbons (Fsp3) is 0.154. The highest BCUT2D eigenvalue weighted by Gasteiger charge is 2.19. The average molecular weight is 441 g/mol. The zero-order valence-corrected chi connectivity index (χ0v) is 18.4. The number of para-hydroxylation sites is 1. The van der Waals surface area contributed by atoms with Gasteiger partial charge in [-0.25, -0.2) is 0 Å². The van der Waals surface area contributed by atoms with Crippen LogP contribution in [0.2, 0.25) is 0 Å². The number of ether oxygens (including phenoxy) is 3. The van der Waals surface area contributed by atoms with Crippen molar-refractivity contribution in [1.82, 2.24) is 9.78 Å². The molecule has 0 saturated carbocycles. The van der Waals surface area contributed by atoms with Gasteiger partial charge in [0.2, 0.25) is 6.79 Å². The first-order valence-electron chi connectivity index (χ1n) is 10.6. The van der Waals surface area contributed by atoms with Crippen LogP contribution in [0.4, 0.5) is 5.69 Å². The zero-order chi connectivity index (χ0) is 22.8. The van der Waals surface area contributed by atoms with Gasteiger partial charge in [0.05, 0.1) is 23.6 Å². The molecule has 1 aliphatic heterocycles. The Bertz CT molecular complexity index is 1310. The number of hydrogen-bond donors (Lipinski definition) is 1. The number of nitrogens with zero attached hydrogens (tertiary/aromatic N) is 2. The lowest BCUT2D eigenvalue weighted by atomic mass is 10.1. The van der Waals surface area contributed by atoms with Gasteiger partial charge in [-0.3, -0.25) is 9.48 Å². The molecule has 0 bridgehead atoms. The molecule has 0 aliphatic carbocycles. The predicted molar refractivity (Wildman–Crippen MR) is 124 cm³/mol. The maximum Gasteiger partial charge on any atom is 0.255 e. The molecule has 2 heterocycles. The van der Waals surface area contributed by atoms with Gasteiger partial charge < -0.3 is 19.5 Å². The summed E-state index contributed by atoms with van der Waals surface area (Å²) in [6.07, 6.45) is 0. The number of fused-ring (bicyclic) bond motifs is 1. The molecule has 7 heteroatoms. The van der Waals surface area contributed by atoms with E-state index in [0.29, 0.717) is 29.3 Å². The van der Waals surface area contributed by atoms with Crippen LogP contribution in [-0.4, -0.2) is 22.5 Å². The summed E-state index contributed by atoms with van der Waals surface area (Å²) >= 11 is 0. The number of rotatable bonds is 6. The Morgan fingerprint density at radius 2 is 1.76 bits per heavy atom. The quantitative estimate of drug-likeness (QED) is 0.438. The number of nitrogens with one attached hydrogen (secondary N) is 1. The molecule has 0 fully saturated rings. The molecule has 0 spiro atoms. The molecule has 0 saturated heterocycles. The number of benzene rings is 3. The molecule has 7 nitrogen and oxygen atoms in total. The van der Waals surface area contributed by atoms with Gasteiger partial charge in [-0.15, -0.1) is 0 Å². The number of carbonyl (C=O) groups excluding carboxylic acids is 1. The lowest BCUT2D eigenvalue weighted by Crippen LogP contribution is -2.13. The van der Waals surface area contributed by atoms with Crippen LogP contribution in [0.1, 0.15) is 27.3 Å². The van der Waals surface area contributed by atoms with Crippen molar-refractivity contribution < 1.29 is 19.0 Å². The summed E-state index contributed by atoms with van der Waals surface area (Å²) in [5, 5.41) is 7.63. The molecule has 1 aliphatic rings. The van der Waals surface area contributed by atoms with E-state index in [2.05, 4.69) is 10.4 Å². The molecule has 0 unspecified atom stereocenters. The summed E-state index contributed by atoms with van der Waals surface area (Å²) in [4.78, 5) is 12.8. The minimum atomic E-state index is -0.225. The minimum Gasteiger partial charge on any atom is -0.457 e. The molecule has 1 N–H and O–H groups in total. The van der Waals surface area contributed by atoms with Crippen molar-refractivity contribution in [3.8, 4) is 23.0 Å². The minimum absolute atomic E-state index is 0.170. The second-order valence-electron chi connectivity index (χ2n) is 7.79. The van der Waals surface area contributed by atoms with Crippen molar-refractivity contribution in [2.45, 2.75) is 20.4 Å². The van der Waals surface area contributed by atoms with Crippen LogP contribution >= 0.6 is 0 Å². The normalized spacial score (nSPS) is 11.9. The monoisotopic (exact) mass is 441 g/mol. The molecular weight excluding hydrogens is 418 g/mol. The summed E-state index contributed by atoms with van der Waals surface area (Å²) in [5.74, 6) is 2.54. The zero-order valence-electron chi connectivity index (χ0n) is 18.4. The van der Waals surface area contributed by atoms with Gasteiger partial charge in [-0.05, 0) is 61.9 Å². The summed E-state index contributed by atoms with van der Waals surface area (Å²) in [5.41, 5.74) is 3.86. The fourth-order valence-corrected chi connectivity index (χ4v) is 3.76. The molecule has 4 aromatic rings. The van der Waals surface area contributed by atoms with E-state index in [1.807, 2.05) is 73.1 Å². The van der Waals surface area contributed by atoms with Crippen LogP contribution in [0, 0.1) is 13.8 Å². The molecule has 1 aromatic heterocycles. The van der Waals surface area contributed by atoms with E-state index < -0.39 is 0 Å². The summed E-state index contributed by atoms with van der Waals surface area (Å²) in [6.45, 7) is 4.55. The van der Waals surface area contributed by atoms with Gasteiger partial charge in [0, 0.05) is 5.56 Å². The molecule has 5 rings (SSSR count). The number of aryl methyl sites for hydroxylation is 1. The lowest BCUT2D eigenvalue weighted by Gasteiger charge is -2.10. The fourth-order valence-electron chi connectivity index (χ4n) is 3.76. The van der Waals surface area contributed by atoms with Crippen LogP contribution in [0.3, 0.4) is 0 Å². The molecule has 0 atom stereocenters. The van der Waals surface area contributed by atoms with Crippen molar-refractivity contribution in [2.24, 2.45) is 0 Å². The first-order valence-corrected chi connectivity index (χ1v) is 10.6. The SMILES string of the molecule is Cc1nn(Cc2cccc(Oc3ccccc3)c2)c(C)c1NC(=O)c1ccc2c(c1)OCO2. The van der Waals surface area contributed by atoms with Crippen molar-refractivity contribution in [1.29, 1.82) is 0 Å². The highest BCUT2D eigenvalue weighted by atomic mass is 16.7. The standard InChI is InChI=1S/C26H23N3O4/c1-17-25(27-26(30)20-11-12-23-24(14-20)32-16-31-23)18(2)29(28-17)15-19-7-6-10-22(13-19)33-21-8-4-3-5-9-21/h3-14H,15-16H2,1-2H3,(H,27,30). The average Bonchev–Trinajstić information content (AvgIpc) is 3.39.